The summed E-state index contributed by atoms with van der Waals surface area (Å²) in [4.78, 5) is 16.5. The molecule has 11 heteroatoms. The highest BCUT2D eigenvalue weighted by Gasteiger charge is 2.57. The third kappa shape index (κ3) is 9.11. The zero-order chi connectivity index (χ0) is 39.5. The molecule has 1 saturated carbocycles. The average Bonchev–Trinajstić information content (AvgIpc) is 3.73. The third-order valence-electron chi connectivity index (χ3n) is 11.7. The fraction of sp³-hybridized carbons (Fsp3) is 0.432. The minimum Gasteiger partial charge on any atom is -0.453 e. The van der Waals surface area contributed by atoms with E-state index in [1.807, 2.05) is 54.3 Å². The van der Waals surface area contributed by atoms with Crippen LogP contribution < -0.4 is 0 Å². The van der Waals surface area contributed by atoms with Crippen LogP contribution in [0.5, 0.6) is 0 Å². The predicted octanol–water partition coefficient (Wildman–Crippen LogP) is 8.74. The number of carbonyl (C=O) groups excluding carboxylic acids is 1. The molecular weight excluding hydrogens is 731 g/mol. The Bertz CT molecular complexity index is 2000. The van der Waals surface area contributed by atoms with Gasteiger partial charge < -0.3 is 24.8 Å². The molecule has 0 spiro atoms. The van der Waals surface area contributed by atoms with Crippen LogP contribution in [0.1, 0.15) is 96.7 Å². The van der Waals surface area contributed by atoms with Crippen molar-refractivity contribution in [2.24, 2.45) is 5.41 Å². The normalized spacial score (nSPS) is 24.0. The number of aliphatic hydroxyl groups excluding tert-OH is 3. The minimum atomic E-state index is -4.60. The van der Waals surface area contributed by atoms with Crippen LogP contribution in [0.4, 0.5) is 13.2 Å². The lowest BCUT2D eigenvalue weighted by Gasteiger charge is -2.46. The lowest BCUT2D eigenvalue weighted by Crippen LogP contribution is -2.53. The van der Waals surface area contributed by atoms with E-state index < -0.39 is 47.4 Å². The predicted molar refractivity (Wildman–Crippen MR) is 206 cm³/mol. The number of benzene rings is 3. The van der Waals surface area contributed by atoms with Crippen molar-refractivity contribution in [2.45, 2.75) is 95.2 Å². The molecule has 55 heavy (non-hydrogen) atoms. The number of fused-ring (bicyclic) bond motifs is 8. The Morgan fingerprint density at radius 3 is 2.53 bits per heavy atom. The van der Waals surface area contributed by atoms with Crippen LogP contribution in [0.3, 0.4) is 0 Å². The van der Waals surface area contributed by atoms with Crippen molar-refractivity contribution in [3.8, 4) is 11.3 Å². The number of hydrogen-bond acceptors (Lipinski definition) is 7. The molecule has 1 aromatic heterocycles. The second kappa shape index (κ2) is 16.8. The molecule has 5 atom stereocenters. The van der Waals surface area contributed by atoms with Gasteiger partial charge in [-0.25, -0.2) is 0 Å². The van der Waals surface area contributed by atoms with Crippen LogP contribution in [0.15, 0.2) is 94.9 Å². The smallest absolute Gasteiger partial charge is 0.416 e. The number of carbonyl (C=O) groups is 1. The Hall–Kier alpha value is -3.77. The molecule has 0 unspecified atom stereocenters. The Morgan fingerprint density at radius 1 is 1.04 bits per heavy atom. The summed E-state index contributed by atoms with van der Waals surface area (Å²) in [5.41, 5.74) is 0.990. The van der Waals surface area contributed by atoms with Gasteiger partial charge in [-0.3, -0.25) is 9.69 Å². The van der Waals surface area contributed by atoms with Crippen LogP contribution >= 0.6 is 11.6 Å². The van der Waals surface area contributed by atoms with E-state index in [9.17, 15) is 38.4 Å². The summed E-state index contributed by atoms with van der Waals surface area (Å²) in [6.07, 6.45) is -0.406. The second-order valence-corrected chi connectivity index (χ2v) is 16.0. The lowest BCUT2D eigenvalue weighted by atomic mass is 9.64. The van der Waals surface area contributed by atoms with Crippen LogP contribution in [0.25, 0.3) is 11.3 Å². The number of hydrogen-bond donors (Lipinski definition) is 4. The third-order valence-corrected chi connectivity index (χ3v) is 12.0. The van der Waals surface area contributed by atoms with E-state index in [0.717, 1.165) is 34.9 Å². The molecule has 0 aliphatic heterocycles. The Balaban J connectivity index is 1.41. The van der Waals surface area contributed by atoms with Gasteiger partial charge in [0.15, 0.2) is 5.76 Å². The molecule has 294 valence electrons. The van der Waals surface area contributed by atoms with E-state index in [-0.39, 0.29) is 41.1 Å². The molecule has 7 nitrogen and oxygen atoms in total. The highest BCUT2D eigenvalue weighted by atomic mass is 35.5. The van der Waals surface area contributed by atoms with Gasteiger partial charge in [0.25, 0.3) is 0 Å². The number of allylic oxidation sites excluding steroid dienone is 2. The zero-order valence-corrected chi connectivity index (χ0v) is 31.9. The highest BCUT2D eigenvalue weighted by molar-refractivity contribution is 6.33. The Morgan fingerprint density at radius 2 is 1.80 bits per heavy atom. The van der Waals surface area contributed by atoms with Gasteiger partial charge in [0.2, 0.25) is 5.78 Å². The van der Waals surface area contributed by atoms with E-state index in [1.165, 1.54) is 12.1 Å². The molecule has 4 aromatic rings. The monoisotopic (exact) mass is 779 g/mol. The maximum Gasteiger partial charge on any atom is 0.416 e. The van der Waals surface area contributed by atoms with Crippen molar-refractivity contribution in [2.75, 3.05) is 19.7 Å². The number of ketones is 1. The largest absolute Gasteiger partial charge is 0.453 e. The quantitative estimate of drug-likeness (QED) is 0.0941. The van der Waals surface area contributed by atoms with Crippen molar-refractivity contribution in [3.05, 3.63) is 129 Å². The molecule has 1 fully saturated rings. The van der Waals surface area contributed by atoms with Gasteiger partial charge in [-0.05, 0) is 111 Å². The summed E-state index contributed by atoms with van der Waals surface area (Å²) >= 11 is 6.32. The first-order valence-corrected chi connectivity index (χ1v) is 19.2. The number of aliphatic hydroxyl groups is 4. The SMILES string of the molecule is CC1=CCC[C@@]2(C)[C@@H](CC[C@@]2(O)CN(Cc2ccccc2)C[C@H](O)CO)c2ccc(cc2C(=O)c2ccc(-c3cc(C(F)(F)F)ccc3Cl)o2)C[C@@H](O)CC1. The molecule has 3 aliphatic rings. The van der Waals surface area contributed by atoms with E-state index in [2.05, 4.69) is 13.0 Å². The number of rotatable bonds is 10. The molecule has 3 aromatic carbocycles. The molecule has 0 amide bonds. The zero-order valence-electron chi connectivity index (χ0n) is 31.2. The van der Waals surface area contributed by atoms with Gasteiger partial charge in [-0.15, -0.1) is 0 Å². The van der Waals surface area contributed by atoms with Gasteiger partial charge in [0.05, 0.1) is 35.0 Å². The fourth-order valence-electron chi connectivity index (χ4n) is 8.58. The summed E-state index contributed by atoms with van der Waals surface area (Å²) in [5.74, 6) is -0.844. The van der Waals surface area contributed by atoms with E-state index in [1.54, 1.807) is 6.07 Å². The lowest BCUT2D eigenvalue weighted by molar-refractivity contribution is -0.137. The van der Waals surface area contributed by atoms with Crippen LogP contribution in [0, 0.1) is 5.41 Å². The topological polar surface area (TPSA) is 114 Å². The maximum atomic E-state index is 14.6. The molecule has 7 rings (SSSR count). The van der Waals surface area contributed by atoms with E-state index in [4.69, 9.17) is 16.0 Å². The second-order valence-electron chi connectivity index (χ2n) is 15.6. The van der Waals surface area contributed by atoms with E-state index >= 15 is 0 Å². The first kappa shape index (κ1) is 40.9. The van der Waals surface area contributed by atoms with Gasteiger partial charge >= 0.3 is 6.18 Å². The molecule has 0 radical (unpaired) electrons. The molecular formula is C44H49ClF3NO6. The van der Waals surface area contributed by atoms with Crippen LogP contribution in [0.2, 0.25) is 5.02 Å². The first-order valence-electron chi connectivity index (χ1n) is 18.9. The molecule has 0 saturated heterocycles. The van der Waals surface area contributed by atoms with E-state index in [0.29, 0.717) is 62.6 Å². The van der Waals surface area contributed by atoms with Gasteiger partial charge in [-0.2, -0.15) is 13.2 Å². The van der Waals surface area contributed by atoms with Gasteiger partial charge in [-0.1, -0.05) is 72.6 Å². The summed E-state index contributed by atoms with van der Waals surface area (Å²) in [6.45, 7) is 4.49. The molecule has 3 aliphatic carbocycles. The average molecular weight is 780 g/mol. The summed E-state index contributed by atoms with van der Waals surface area (Å²) in [7, 11) is 0. The van der Waals surface area contributed by atoms with Gasteiger partial charge in [0.1, 0.15) is 5.76 Å². The van der Waals surface area contributed by atoms with Crippen molar-refractivity contribution < 1.29 is 42.8 Å². The Labute approximate surface area is 325 Å². The number of halogens is 4. The standard InChI is InChI=1S/C44H49ClF3NO6/c1-28-7-6-19-42(2)37(18-20-43(42,54)27-49(25-33(52)26-50)24-29-8-4-3-5-9-29)34-14-11-30(21-32(51)13-10-28)22-35(34)41(53)40-17-16-39(55-40)36-23-31(44(46,47)48)12-15-38(36)45/h3-5,7-9,11-12,14-17,22-23,32-33,37,50-52,54H,6,10,13,18-21,24-27H2,1-2H3/t32-,33-,37-,42-,43+/m0/s1. The van der Waals surface area contributed by atoms with Crippen LogP contribution in [-0.4, -0.2) is 68.6 Å². The highest BCUT2D eigenvalue weighted by Crippen LogP contribution is 2.59. The molecule has 1 heterocycles. The van der Waals surface area contributed by atoms with Crippen LogP contribution in [-0.2, 0) is 19.1 Å². The first-order chi connectivity index (χ1) is 26.1. The molecule has 4 N–H and O–H groups in total. The van der Waals surface area contributed by atoms with Gasteiger partial charge in [0, 0.05) is 36.2 Å². The van der Waals surface area contributed by atoms with Crippen molar-refractivity contribution >= 4 is 17.4 Å². The summed E-state index contributed by atoms with van der Waals surface area (Å²) in [6, 6.07) is 21.1. The van der Waals surface area contributed by atoms with Crippen molar-refractivity contribution in [1.29, 1.82) is 0 Å². The minimum absolute atomic E-state index is 0.00486. The fourth-order valence-corrected chi connectivity index (χ4v) is 8.79. The Kier molecular flexibility index (Phi) is 12.5. The van der Waals surface area contributed by atoms with Crippen molar-refractivity contribution in [1.82, 2.24) is 4.90 Å². The number of nitrogens with zero attached hydrogens (tertiary/aromatic N) is 1. The summed E-state index contributed by atoms with van der Waals surface area (Å²) < 4.78 is 46.7. The summed E-state index contributed by atoms with van der Waals surface area (Å²) in [5, 5.41) is 44.2. The number of alkyl halides is 3. The molecule has 2 bridgehead atoms. The van der Waals surface area contributed by atoms with Crippen molar-refractivity contribution in [3.63, 3.8) is 0 Å². The number of furan rings is 1. The maximum absolute atomic E-state index is 14.6.